The Kier molecular flexibility index (Phi) is 4.73. The van der Waals surface area contributed by atoms with Crippen LogP contribution >= 0.6 is 0 Å². The largest absolute Gasteiger partial charge is 0.396 e. The van der Waals surface area contributed by atoms with Crippen molar-refractivity contribution in [3.63, 3.8) is 0 Å². The fourth-order valence-corrected chi connectivity index (χ4v) is 2.11. The van der Waals surface area contributed by atoms with Gasteiger partial charge in [0.05, 0.1) is 0 Å². The molecule has 0 aromatic rings. The van der Waals surface area contributed by atoms with Gasteiger partial charge in [0.25, 0.3) is 0 Å². The van der Waals surface area contributed by atoms with Crippen LogP contribution in [0.1, 0.15) is 25.7 Å². The van der Waals surface area contributed by atoms with Gasteiger partial charge in [-0.1, -0.05) is 12.8 Å². The summed E-state index contributed by atoms with van der Waals surface area (Å²) in [5, 5.41) is 12.3. The summed E-state index contributed by atoms with van der Waals surface area (Å²) < 4.78 is 0. The summed E-state index contributed by atoms with van der Waals surface area (Å²) in [6.45, 7) is 1.14. The number of rotatable bonds is 3. The molecule has 2 unspecified atom stereocenters. The Morgan fingerprint density at radius 3 is 2.64 bits per heavy atom. The van der Waals surface area contributed by atoms with Gasteiger partial charge in [0.2, 0.25) is 0 Å². The van der Waals surface area contributed by atoms with E-state index in [2.05, 4.69) is 10.3 Å². The second-order valence-electron chi connectivity index (χ2n) is 3.98. The molecule has 1 rings (SSSR count). The van der Waals surface area contributed by atoms with E-state index in [0.717, 1.165) is 13.0 Å². The lowest BCUT2D eigenvalue weighted by molar-refractivity contribution is 0.136. The van der Waals surface area contributed by atoms with E-state index in [1.165, 1.54) is 19.3 Å². The van der Waals surface area contributed by atoms with Gasteiger partial charge in [0.15, 0.2) is 5.96 Å². The molecule has 0 bridgehead atoms. The fourth-order valence-electron chi connectivity index (χ4n) is 2.11. The van der Waals surface area contributed by atoms with Gasteiger partial charge >= 0.3 is 0 Å². The van der Waals surface area contributed by atoms with E-state index in [-0.39, 0.29) is 0 Å². The second-order valence-corrected chi connectivity index (χ2v) is 3.98. The number of nitrogens with two attached hydrogens (primary N) is 1. The fraction of sp³-hybridized carbons (Fsp3) is 0.900. The van der Waals surface area contributed by atoms with Crippen molar-refractivity contribution in [3.8, 4) is 0 Å². The number of aliphatic hydroxyl groups excluding tert-OH is 1. The van der Waals surface area contributed by atoms with Gasteiger partial charge in [-0.3, -0.25) is 4.99 Å². The topological polar surface area (TPSA) is 70.6 Å². The minimum absolute atomic E-state index is 0.301. The Balaban J connectivity index is 2.33. The number of hydrogen-bond acceptors (Lipinski definition) is 2. The predicted octanol–water partition coefficient (Wildman–Crippen LogP) is 0.319. The lowest BCUT2D eigenvalue weighted by atomic mass is 9.80. The van der Waals surface area contributed by atoms with Gasteiger partial charge in [-0.05, 0) is 24.7 Å². The summed E-state index contributed by atoms with van der Waals surface area (Å²) in [6.07, 6.45) is 4.85. The molecule has 0 amide bonds. The standard InChI is InChI=1S/C10H21N3O/c1-12-10(11)13-6-8-4-2-3-5-9(8)7-14/h8-9,14H,2-7H2,1H3,(H3,11,12,13). The molecular weight excluding hydrogens is 178 g/mol. The maximum atomic E-state index is 9.19. The molecule has 1 aliphatic carbocycles. The molecule has 82 valence electrons. The molecule has 14 heavy (non-hydrogen) atoms. The van der Waals surface area contributed by atoms with E-state index < -0.39 is 0 Å². The molecule has 1 aliphatic rings. The molecule has 0 aromatic heterocycles. The third-order valence-electron chi connectivity index (χ3n) is 3.09. The Morgan fingerprint density at radius 1 is 1.43 bits per heavy atom. The van der Waals surface area contributed by atoms with Gasteiger partial charge in [0.1, 0.15) is 0 Å². The van der Waals surface area contributed by atoms with Gasteiger partial charge in [-0.25, -0.2) is 0 Å². The first-order chi connectivity index (χ1) is 6.77. The van der Waals surface area contributed by atoms with E-state index in [4.69, 9.17) is 5.73 Å². The molecule has 1 fully saturated rings. The third-order valence-corrected chi connectivity index (χ3v) is 3.09. The van der Waals surface area contributed by atoms with Crippen LogP contribution in [-0.4, -0.2) is 31.3 Å². The lowest BCUT2D eigenvalue weighted by Crippen LogP contribution is -2.39. The molecule has 4 nitrogen and oxygen atoms in total. The van der Waals surface area contributed by atoms with Gasteiger partial charge in [-0.15, -0.1) is 0 Å². The Labute approximate surface area is 85.6 Å². The van der Waals surface area contributed by atoms with Crippen molar-refractivity contribution in [2.45, 2.75) is 25.7 Å². The van der Waals surface area contributed by atoms with Gasteiger partial charge in [0, 0.05) is 20.2 Å². The molecule has 0 spiro atoms. The SMILES string of the molecule is CN=C(N)NCC1CCCCC1CO. The van der Waals surface area contributed by atoms with Crippen LogP contribution in [0.5, 0.6) is 0 Å². The molecule has 0 aromatic carbocycles. The van der Waals surface area contributed by atoms with E-state index in [1.54, 1.807) is 7.05 Å². The van der Waals surface area contributed by atoms with Crippen LogP contribution in [0.3, 0.4) is 0 Å². The van der Waals surface area contributed by atoms with Gasteiger partial charge in [-0.2, -0.15) is 0 Å². The molecule has 2 atom stereocenters. The number of guanidine groups is 1. The quantitative estimate of drug-likeness (QED) is 0.453. The first-order valence-corrected chi connectivity index (χ1v) is 5.35. The Bertz CT molecular complexity index is 194. The minimum Gasteiger partial charge on any atom is -0.396 e. The molecule has 0 radical (unpaired) electrons. The second kappa shape index (κ2) is 5.86. The zero-order valence-corrected chi connectivity index (χ0v) is 8.87. The molecule has 0 aliphatic heterocycles. The summed E-state index contributed by atoms with van der Waals surface area (Å²) in [7, 11) is 1.67. The molecule has 1 saturated carbocycles. The van der Waals surface area contributed by atoms with Gasteiger partial charge < -0.3 is 16.2 Å². The first-order valence-electron chi connectivity index (χ1n) is 5.35. The van der Waals surface area contributed by atoms with E-state index in [1.807, 2.05) is 0 Å². The molecular formula is C10H21N3O. The normalized spacial score (nSPS) is 28.9. The monoisotopic (exact) mass is 199 g/mol. The van der Waals surface area contributed by atoms with Crippen LogP contribution in [0.2, 0.25) is 0 Å². The van der Waals surface area contributed by atoms with Crippen molar-refractivity contribution < 1.29 is 5.11 Å². The van der Waals surface area contributed by atoms with Crippen LogP contribution in [-0.2, 0) is 0 Å². The van der Waals surface area contributed by atoms with Crippen LogP contribution in [0.15, 0.2) is 4.99 Å². The highest BCUT2D eigenvalue weighted by Crippen LogP contribution is 2.28. The first kappa shape index (κ1) is 11.3. The van der Waals surface area contributed by atoms with E-state index in [9.17, 15) is 5.11 Å². The average Bonchev–Trinajstić information content (AvgIpc) is 2.26. The summed E-state index contributed by atoms with van der Waals surface area (Å²) in [6, 6.07) is 0. The van der Waals surface area contributed by atoms with Crippen LogP contribution in [0.25, 0.3) is 0 Å². The third kappa shape index (κ3) is 3.18. The number of aliphatic hydroxyl groups is 1. The van der Waals surface area contributed by atoms with E-state index >= 15 is 0 Å². The van der Waals surface area contributed by atoms with Crippen molar-refractivity contribution in [3.05, 3.63) is 0 Å². The average molecular weight is 199 g/mol. The maximum absolute atomic E-state index is 9.19. The molecule has 0 heterocycles. The highest BCUT2D eigenvalue weighted by Gasteiger charge is 2.24. The smallest absolute Gasteiger partial charge is 0.188 e. The summed E-state index contributed by atoms with van der Waals surface area (Å²) in [5.41, 5.74) is 5.55. The predicted molar refractivity (Wildman–Crippen MR) is 58.1 cm³/mol. The highest BCUT2D eigenvalue weighted by molar-refractivity contribution is 5.77. The maximum Gasteiger partial charge on any atom is 0.188 e. The van der Waals surface area contributed by atoms with E-state index in [0.29, 0.717) is 24.4 Å². The Hall–Kier alpha value is -0.770. The van der Waals surface area contributed by atoms with Crippen LogP contribution in [0, 0.1) is 11.8 Å². The minimum atomic E-state index is 0.301. The summed E-state index contributed by atoms with van der Waals surface area (Å²) in [5.74, 6) is 1.49. The van der Waals surface area contributed by atoms with Crippen molar-refractivity contribution in [1.82, 2.24) is 5.32 Å². The van der Waals surface area contributed by atoms with Crippen molar-refractivity contribution in [2.24, 2.45) is 22.6 Å². The van der Waals surface area contributed by atoms with Crippen molar-refractivity contribution >= 4 is 5.96 Å². The highest BCUT2D eigenvalue weighted by atomic mass is 16.3. The zero-order valence-electron chi connectivity index (χ0n) is 8.87. The lowest BCUT2D eigenvalue weighted by Gasteiger charge is -2.30. The number of aliphatic imine (C=N–C) groups is 1. The number of nitrogens with zero attached hydrogens (tertiary/aromatic N) is 1. The molecule has 0 saturated heterocycles. The Morgan fingerprint density at radius 2 is 2.07 bits per heavy atom. The van der Waals surface area contributed by atoms with Crippen molar-refractivity contribution in [1.29, 1.82) is 0 Å². The van der Waals surface area contributed by atoms with Crippen LogP contribution < -0.4 is 11.1 Å². The number of nitrogens with one attached hydrogen (secondary N) is 1. The summed E-state index contributed by atoms with van der Waals surface area (Å²) >= 11 is 0. The van der Waals surface area contributed by atoms with Crippen LogP contribution in [0.4, 0.5) is 0 Å². The molecule has 4 N–H and O–H groups in total. The number of hydrogen-bond donors (Lipinski definition) is 3. The zero-order chi connectivity index (χ0) is 10.4. The summed E-state index contributed by atoms with van der Waals surface area (Å²) in [4.78, 5) is 3.84. The van der Waals surface area contributed by atoms with Crippen molar-refractivity contribution in [2.75, 3.05) is 20.2 Å². The molecule has 4 heteroatoms.